The van der Waals surface area contributed by atoms with Gasteiger partial charge in [-0.3, -0.25) is 14.6 Å². The number of nitrogens with zero attached hydrogens (tertiary/aromatic N) is 4. The van der Waals surface area contributed by atoms with Crippen LogP contribution in [0, 0.1) is 0 Å². The largest absolute Gasteiger partial charge is 0.496 e. The Balaban J connectivity index is 1.39. The van der Waals surface area contributed by atoms with E-state index < -0.39 is 11.8 Å². The molecule has 0 aromatic heterocycles. The van der Waals surface area contributed by atoms with E-state index >= 15 is 0 Å². The fourth-order valence-corrected chi connectivity index (χ4v) is 3.81. The van der Waals surface area contributed by atoms with Gasteiger partial charge in [-0.15, -0.1) is 0 Å². The van der Waals surface area contributed by atoms with E-state index in [4.69, 9.17) is 21.1 Å². The molecule has 2 aliphatic rings. The topological polar surface area (TPSA) is 117 Å². The average molecular weight is 495 g/mol. The molecule has 2 atom stereocenters. The van der Waals surface area contributed by atoms with Crippen molar-refractivity contribution in [3.8, 4) is 11.5 Å². The fourth-order valence-electron chi connectivity index (χ4n) is 3.64. The van der Waals surface area contributed by atoms with E-state index in [-0.39, 0.29) is 17.8 Å². The lowest BCUT2D eigenvalue weighted by Gasteiger charge is -2.24. The van der Waals surface area contributed by atoms with Crippen LogP contribution in [0.15, 0.2) is 76.1 Å². The van der Waals surface area contributed by atoms with Gasteiger partial charge >= 0.3 is 11.8 Å². The molecule has 2 unspecified atom stereocenters. The molecule has 2 N–H and O–H groups in total. The molecule has 0 bridgehead atoms. The predicted octanol–water partition coefficient (Wildman–Crippen LogP) is 3.49. The van der Waals surface area contributed by atoms with Crippen LogP contribution in [-0.2, 0) is 16.1 Å². The van der Waals surface area contributed by atoms with Gasteiger partial charge in [0.25, 0.3) is 0 Å². The van der Waals surface area contributed by atoms with E-state index in [0.717, 1.165) is 5.56 Å². The zero-order valence-corrected chi connectivity index (χ0v) is 19.8. The Morgan fingerprint density at radius 3 is 2.66 bits per heavy atom. The van der Waals surface area contributed by atoms with Crippen LogP contribution in [0.2, 0.25) is 5.02 Å². The minimum Gasteiger partial charge on any atom is -0.496 e. The highest BCUT2D eigenvalue weighted by Gasteiger charge is 2.30. The number of carbonyl (C=O) groups is 2. The molecule has 0 saturated carbocycles. The first-order chi connectivity index (χ1) is 17.0. The monoisotopic (exact) mass is 494 g/mol. The van der Waals surface area contributed by atoms with Gasteiger partial charge in [-0.1, -0.05) is 41.1 Å². The van der Waals surface area contributed by atoms with Gasteiger partial charge in [-0.25, -0.2) is 5.43 Å². The van der Waals surface area contributed by atoms with Crippen LogP contribution in [-0.4, -0.2) is 49.3 Å². The second kappa shape index (κ2) is 10.8. The summed E-state index contributed by atoms with van der Waals surface area (Å²) in [6, 6.07) is 10.2. The second-order valence-electron chi connectivity index (χ2n) is 7.62. The molecule has 0 spiro atoms. The lowest BCUT2D eigenvalue weighted by molar-refractivity contribution is -0.136. The van der Waals surface area contributed by atoms with Gasteiger partial charge in [-0.05, 0) is 42.0 Å². The van der Waals surface area contributed by atoms with Gasteiger partial charge in [0.2, 0.25) is 0 Å². The smallest absolute Gasteiger partial charge is 0.329 e. The molecule has 11 heteroatoms. The molecule has 10 nitrogen and oxygen atoms in total. The van der Waals surface area contributed by atoms with E-state index in [9.17, 15) is 9.59 Å². The molecule has 0 fully saturated rings. The van der Waals surface area contributed by atoms with Crippen LogP contribution in [0.4, 0.5) is 5.69 Å². The number of hydrogen-bond acceptors (Lipinski definition) is 8. The highest BCUT2D eigenvalue weighted by Crippen LogP contribution is 2.29. The van der Waals surface area contributed by atoms with Crippen LogP contribution in [0.25, 0.3) is 0 Å². The third-order valence-corrected chi connectivity index (χ3v) is 5.59. The molecule has 0 radical (unpaired) electrons. The maximum absolute atomic E-state index is 12.2. The number of benzene rings is 2. The summed E-state index contributed by atoms with van der Waals surface area (Å²) < 4.78 is 10.6. The molecule has 1 heterocycles. The van der Waals surface area contributed by atoms with Crippen LogP contribution >= 0.6 is 11.6 Å². The van der Waals surface area contributed by atoms with Gasteiger partial charge in [0.1, 0.15) is 17.5 Å². The lowest BCUT2D eigenvalue weighted by atomic mass is 10.0. The summed E-state index contributed by atoms with van der Waals surface area (Å²) in [7, 11) is 3.04. The Kier molecular flexibility index (Phi) is 7.41. The fraction of sp³-hybridized carbons (Fsp3) is 0.208. The Bertz CT molecular complexity index is 1240. The summed E-state index contributed by atoms with van der Waals surface area (Å²) in [6.07, 6.45) is 9.44. The number of fused-ring (bicyclic) bond motifs is 1. The van der Waals surface area contributed by atoms with Gasteiger partial charge in [0.15, 0.2) is 0 Å². The first-order valence-electron chi connectivity index (χ1n) is 10.7. The number of hydrogen-bond donors (Lipinski definition) is 2. The predicted molar refractivity (Wildman–Crippen MR) is 132 cm³/mol. The molecule has 35 heavy (non-hydrogen) atoms. The lowest BCUT2D eigenvalue weighted by Crippen LogP contribution is -2.32. The molecular weight excluding hydrogens is 472 g/mol. The first kappa shape index (κ1) is 24.0. The molecule has 1 aliphatic heterocycles. The summed E-state index contributed by atoms with van der Waals surface area (Å²) in [5, 5.41) is 17.2. The van der Waals surface area contributed by atoms with E-state index in [2.05, 4.69) is 32.3 Å². The number of rotatable bonds is 7. The van der Waals surface area contributed by atoms with E-state index in [1.54, 1.807) is 31.4 Å². The highest BCUT2D eigenvalue weighted by atomic mass is 35.5. The minimum absolute atomic E-state index is 0.00368. The number of nitrogens with one attached hydrogen (secondary N) is 2. The quantitative estimate of drug-likeness (QED) is 0.347. The Labute approximate surface area is 206 Å². The Morgan fingerprint density at radius 2 is 1.86 bits per heavy atom. The van der Waals surface area contributed by atoms with Gasteiger partial charge < -0.3 is 14.8 Å². The number of hydrazone groups is 1. The van der Waals surface area contributed by atoms with Gasteiger partial charge in [0.05, 0.1) is 38.7 Å². The van der Waals surface area contributed by atoms with Crippen molar-refractivity contribution in [3.05, 3.63) is 76.9 Å². The number of carbonyl (C=O) groups excluding carboxylic acids is 2. The van der Waals surface area contributed by atoms with E-state index in [1.165, 1.54) is 19.4 Å². The van der Waals surface area contributed by atoms with Crippen molar-refractivity contribution >= 4 is 35.3 Å². The molecule has 2 aromatic rings. The maximum Gasteiger partial charge on any atom is 0.329 e. The molecule has 0 saturated heterocycles. The summed E-state index contributed by atoms with van der Waals surface area (Å²) >= 11 is 5.95. The zero-order chi connectivity index (χ0) is 24.8. The third kappa shape index (κ3) is 5.67. The number of ether oxygens (including phenoxy) is 2. The summed E-state index contributed by atoms with van der Waals surface area (Å²) in [5.74, 6) is -0.803. The Morgan fingerprint density at radius 1 is 1.09 bits per heavy atom. The number of halogens is 1. The van der Waals surface area contributed by atoms with Crippen molar-refractivity contribution in [3.63, 3.8) is 0 Å². The SMILES string of the molecule is COc1ccc(C=NNC(=O)C(=O)Nc2cc(Cl)ccc2OC)cc1CN1N=NC2C=CC=CC21. The highest BCUT2D eigenvalue weighted by molar-refractivity contribution is 6.40. The van der Waals surface area contributed by atoms with Crippen LogP contribution in [0.5, 0.6) is 11.5 Å². The standard InChI is InChI=1S/C24H23ClN6O4/c1-34-21-9-7-15(11-16(21)14-31-20-6-4-3-5-18(20)28-30-31)13-26-29-24(33)23(32)27-19-12-17(25)8-10-22(19)35-2/h3-13,18,20H,14H2,1-2H3,(H,27,32)(H,29,33). The summed E-state index contributed by atoms with van der Waals surface area (Å²) in [4.78, 5) is 24.4. The van der Waals surface area contributed by atoms with Crippen molar-refractivity contribution in [2.75, 3.05) is 19.5 Å². The summed E-state index contributed by atoms with van der Waals surface area (Å²) in [5.41, 5.74) is 4.06. The maximum atomic E-state index is 12.2. The molecule has 2 aromatic carbocycles. The minimum atomic E-state index is -0.947. The van der Waals surface area contributed by atoms with E-state index in [0.29, 0.717) is 28.6 Å². The van der Waals surface area contributed by atoms with Crippen molar-refractivity contribution in [1.29, 1.82) is 0 Å². The van der Waals surface area contributed by atoms with Crippen molar-refractivity contribution in [2.45, 2.75) is 18.6 Å². The van der Waals surface area contributed by atoms with Crippen LogP contribution < -0.4 is 20.2 Å². The van der Waals surface area contributed by atoms with Crippen LogP contribution in [0.3, 0.4) is 0 Å². The van der Waals surface area contributed by atoms with Crippen LogP contribution in [0.1, 0.15) is 11.1 Å². The number of amides is 2. The van der Waals surface area contributed by atoms with Crippen molar-refractivity contribution < 1.29 is 19.1 Å². The Hall–Kier alpha value is -4.18. The van der Waals surface area contributed by atoms with Crippen molar-refractivity contribution in [1.82, 2.24) is 10.4 Å². The zero-order valence-electron chi connectivity index (χ0n) is 19.0. The van der Waals surface area contributed by atoms with Crippen molar-refractivity contribution in [2.24, 2.45) is 15.4 Å². The van der Waals surface area contributed by atoms with Gasteiger partial charge in [-0.2, -0.15) is 10.2 Å². The summed E-state index contributed by atoms with van der Waals surface area (Å²) in [6.45, 7) is 0.476. The molecule has 4 rings (SSSR count). The first-order valence-corrected chi connectivity index (χ1v) is 11.0. The molecular formula is C24H23ClN6O4. The normalized spacial score (nSPS) is 18.0. The third-order valence-electron chi connectivity index (χ3n) is 5.35. The average Bonchev–Trinajstić information content (AvgIpc) is 3.27. The van der Waals surface area contributed by atoms with Gasteiger partial charge in [0, 0.05) is 10.6 Å². The molecule has 1 aliphatic carbocycles. The molecule has 180 valence electrons. The number of allylic oxidation sites excluding steroid dienone is 2. The second-order valence-corrected chi connectivity index (χ2v) is 8.06. The van der Waals surface area contributed by atoms with E-state index in [1.807, 2.05) is 29.3 Å². The number of methoxy groups -OCH3 is 2. The molecule has 2 amide bonds. The number of anilines is 1.